The highest BCUT2D eigenvalue weighted by Gasteiger charge is 2.35. The predicted octanol–water partition coefficient (Wildman–Crippen LogP) is 4.88. The number of fused-ring (bicyclic) bond motifs is 1. The maximum Gasteiger partial charge on any atom is 0.446 e. The normalized spacial score (nSPS) is 23.5. The highest BCUT2D eigenvalue weighted by atomic mass is 32.2. The van der Waals surface area contributed by atoms with Crippen molar-refractivity contribution >= 4 is 45.0 Å². The molecule has 0 radical (unpaired) electrons. The van der Waals surface area contributed by atoms with Gasteiger partial charge in [0, 0.05) is 16.9 Å². The van der Waals surface area contributed by atoms with Crippen LogP contribution in [0.5, 0.6) is 0 Å². The Kier molecular flexibility index (Phi) is 5.82. The predicted molar refractivity (Wildman–Crippen MR) is 112 cm³/mol. The fourth-order valence-electron chi connectivity index (χ4n) is 3.63. The lowest BCUT2D eigenvalue weighted by molar-refractivity contribution is -0.0327. The van der Waals surface area contributed by atoms with E-state index in [0.717, 1.165) is 11.3 Å². The fraction of sp³-hybridized carbons (Fsp3) is 0.421. The van der Waals surface area contributed by atoms with E-state index in [0.29, 0.717) is 28.8 Å². The van der Waals surface area contributed by atoms with E-state index in [2.05, 4.69) is 20.8 Å². The maximum absolute atomic E-state index is 14.3. The van der Waals surface area contributed by atoms with Gasteiger partial charge < -0.3 is 24.6 Å². The largest absolute Gasteiger partial charge is 0.447 e. The van der Waals surface area contributed by atoms with E-state index in [9.17, 15) is 22.4 Å². The summed E-state index contributed by atoms with van der Waals surface area (Å²) in [6.07, 6.45) is -1.45. The lowest BCUT2D eigenvalue weighted by atomic mass is 10.1. The van der Waals surface area contributed by atoms with Gasteiger partial charge in [0.05, 0.1) is 27.9 Å². The quantitative estimate of drug-likeness (QED) is 0.375. The summed E-state index contributed by atoms with van der Waals surface area (Å²) in [7, 11) is 0. The molecule has 2 fully saturated rings. The average molecular weight is 504 g/mol. The molecule has 1 aromatic carbocycles. The number of amides is 1. The highest BCUT2D eigenvalue weighted by molar-refractivity contribution is 8.00. The summed E-state index contributed by atoms with van der Waals surface area (Å²) >= 11 is 0.778. The zero-order valence-electron chi connectivity index (χ0n) is 16.6. The molecule has 8 nitrogen and oxygen atoms in total. The van der Waals surface area contributed by atoms with Crippen LogP contribution in [-0.4, -0.2) is 53.8 Å². The highest BCUT2D eigenvalue weighted by Crippen LogP contribution is 2.50. The molecule has 2 N–H and O–H groups in total. The van der Waals surface area contributed by atoms with Crippen LogP contribution in [0, 0.1) is 0 Å². The van der Waals surface area contributed by atoms with Crippen LogP contribution in [-0.2, 0) is 9.47 Å². The first-order chi connectivity index (χ1) is 15.8. The minimum Gasteiger partial charge on any atom is -0.447 e. The van der Waals surface area contributed by atoms with E-state index in [1.54, 1.807) is 18.2 Å². The molecule has 0 bridgehead atoms. The standard InChI is InChI=1S/C19H16F4N4O4S2/c20-9-6-29-5-4-10(9)24-11-3-1-2-8-13(11)32-15(14(8)33-19(21,22)23)16-26-17(31-27-16)12-7-30-18(28)25-12/h1-3,9-10,12,24H,4-7H2,(H,25,28)/t9-,10+,12+/m0/s1. The van der Waals surface area contributed by atoms with E-state index < -0.39 is 29.9 Å². The zero-order valence-corrected chi connectivity index (χ0v) is 18.3. The first-order valence-corrected chi connectivity index (χ1v) is 11.5. The minimum absolute atomic E-state index is 0.0251. The number of hydrogen-bond acceptors (Lipinski definition) is 9. The maximum atomic E-state index is 14.3. The van der Waals surface area contributed by atoms with Gasteiger partial charge in [-0.15, -0.1) is 11.3 Å². The summed E-state index contributed by atoms with van der Waals surface area (Å²) in [6, 6.07) is 3.67. The van der Waals surface area contributed by atoms with Crippen LogP contribution in [0.25, 0.3) is 20.8 Å². The van der Waals surface area contributed by atoms with Crippen molar-refractivity contribution < 1.29 is 36.4 Å². The number of benzene rings is 1. The summed E-state index contributed by atoms with van der Waals surface area (Å²) in [6.45, 7) is 0.332. The third-order valence-corrected chi connectivity index (χ3v) is 7.36. The molecule has 14 heteroatoms. The van der Waals surface area contributed by atoms with Crippen molar-refractivity contribution in [2.75, 3.05) is 25.1 Å². The fourth-order valence-corrected chi connectivity index (χ4v) is 5.73. The van der Waals surface area contributed by atoms with E-state index in [-0.39, 0.29) is 46.5 Å². The SMILES string of the molecule is O=C1N[C@@H](c2nc(-c3sc4c(N[C@@H]5CCOC[C@@H]5F)cccc4c3SC(F)(F)F)no2)CO1. The number of nitrogens with one attached hydrogen (secondary N) is 2. The first kappa shape index (κ1) is 22.2. The van der Waals surface area contributed by atoms with Crippen LogP contribution < -0.4 is 10.6 Å². The lowest BCUT2D eigenvalue weighted by Crippen LogP contribution is -2.39. The number of nitrogens with zero attached hydrogens (tertiary/aromatic N) is 2. The molecular formula is C19H16F4N4O4S2. The number of alkyl halides is 4. The molecule has 0 spiro atoms. The number of aromatic nitrogens is 2. The average Bonchev–Trinajstić information content (AvgIpc) is 3.48. The van der Waals surface area contributed by atoms with Gasteiger partial charge in [0.1, 0.15) is 18.8 Å². The summed E-state index contributed by atoms with van der Waals surface area (Å²) in [5.74, 6) is -0.0171. The molecule has 5 rings (SSSR count). The number of anilines is 1. The van der Waals surface area contributed by atoms with Gasteiger partial charge in [-0.1, -0.05) is 17.3 Å². The minimum atomic E-state index is -4.56. The van der Waals surface area contributed by atoms with Gasteiger partial charge in [0.15, 0.2) is 0 Å². The molecule has 33 heavy (non-hydrogen) atoms. The smallest absolute Gasteiger partial charge is 0.446 e. The van der Waals surface area contributed by atoms with Gasteiger partial charge in [0.25, 0.3) is 5.89 Å². The van der Waals surface area contributed by atoms with Crippen molar-refractivity contribution in [1.82, 2.24) is 15.5 Å². The number of carbonyl (C=O) groups excluding carboxylic acids is 1. The Bertz CT molecular complexity index is 1180. The Labute approximate surface area is 192 Å². The van der Waals surface area contributed by atoms with Crippen LogP contribution in [0.1, 0.15) is 18.4 Å². The molecule has 0 aliphatic carbocycles. The second kappa shape index (κ2) is 8.65. The first-order valence-electron chi connectivity index (χ1n) is 9.85. The molecule has 2 aromatic heterocycles. The van der Waals surface area contributed by atoms with Crippen molar-refractivity contribution in [3.63, 3.8) is 0 Å². The summed E-state index contributed by atoms with van der Waals surface area (Å²) in [4.78, 5) is 15.5. The van der Waals surface area contributed by atoms with Crippen LogP contribution in [0.2, 0.25) is 0 Å². The number of halogens is 4. The number of thioether (sulfide) groups is 1. The molecule has 176 valence electrons. The second-order valence-electron chi connectivity index (χ2n) is 7.37. The third-order valence-electron chi connectivity index (χ3n) is 5.13. The number of hydrogen-bond donors (Lipinski definition) is 2. The Morgan fingerprint density at radius 3 is 2.85 bits per heavy atom. The summed E-state index contributed by atoms with van der Waals surface area (Å²) in [5.41, 5.74) is -4.04. The second-order valence-corrected chi connectivity index (χ2v) is 9.47. The van der Waals surface area contributed by atoms with Gasteiger partial charge in [0.2, 0.25) is 5.82 Å². The number of carbonyl (C=O) groups is 1. The number of rotatable bonds is 5. The Morgan fingerprint density at radius 1 is 1.27 bits per heavy atom. The van der Waals surface area contributed by atoms with Crippen molar-refractivity contribution in [2.24, 2.45) is 0 Å². The third kappa shape index (κ3) is 4.59. The van der Waals surface area contributed by atoms with E-state index in [1.165, 1.54) is 0 Å². The molecule has 1 amide bonds. The summed E-state index contributed by atoms with van der Waals surface area (Å²) in [5, 5.41) is 9.78. The lowest BCUT2D eigenvalue weighted by Gasteiger charge is -2.27. The molecule has 0 saturated carbocycles. The topological polar surface area (TPSA) is 98.5 Å². The molecule has 0 unspecified atom stereocenters. The van der Waals surface area contributed by atoms with E-state index >= 15 is 0 Å². The monoisotopic (exact) mass is 504 g/mol. The Balaban J connectivity index is 1.55. The van der Waals surface area contributed by atoms with Crippen LogP contribution >= 0.6 is 23.1 Å². The molecule has 3 atom stereocenters. The van der Waals surface area contributed by atoms with Crippen molar-refractivity contribution in [1.29, 1.82) is 0 Å². The Morgan fingerprint density at radius 2 is 2.12 bits per heavy atom. The number of thiophene rings is 1. The zero-order chi connectivity index (χ0) is 23.2. The van der Waals surface area contributed by atoms with Crippen molar-refractivity contribution in [3.8, 4) is 10.7 Å². The van der Waals surface area contributed by atoms with Crippen LogP contribution in [0.15, 0.2) is 27.6 Å². The number of cyclic esters (lactones) is 1. The molecule has 2 aliphatic heterocycles. The van der Waals surface area contributed by atoms with Crippen molar-refractivity contribution in [2.45, 2.75) is 35.1 Å². The Hall–Kier alpha value is -2.58. The van der Waals surface area contributed by atoms with Crippen LogP contribution in [0.3, 0.4) is 0 Å². The van der Waals surface area contributed by atoms with Crippen molar-refractivity contribution in [3.05, 3.63) is 24.1 Å². The van der Waals surface area contributed by atoms with Gasteiger partial charge in [-0.25, -0.2) is 9.18 Å². The summed E-state index contributed by atoms with van der Waals surface area (Å²) < 4.78 is 70.1. The van der Waals surface area contributed by atoms with Gasteiger partial charge >= 0.3 is 11.6 Å². The van der Waals surface area contributed by atoms with Crippen LogP contribution in [0.4, 0.5) is 28.0 Å². The molecule has 4 heterocycles. The molecule has 2 aliphatic rings. The molecule has 2 saturated heterocycles. The molecular weight excluding hydrogens is 488 g/mol. The number of alkyl carbamates (subject to hydrolysis) is 1. The van der Waals surface area contributed by atoms with Gasteiger partial charge in [-0.05, 0) is 24.2 Å². The molecule has 3 aromatic rings. The van der Waals surface area contributed by atoms with E-state index in [1.807, 2.05) is 0 Å². The van der Waals surface area contributed by atoms with E-state index in [4.69, 9.17) is 14.0 Å². The number of ether oxygens (including phenoxy) is 2. The van der Waals surface area contributed by atoms with Gasteiger partial charge in [-0.2, -0.15) is 18.2 Å². The van der Waals surface area contributed by atoms with Gasteiger partial charge in [-0.3, -0.25) is 0 Å².